The fraction of sp³-hybridized carbons (Fsp3) is 0.588. The Bertz CT molecular complexity index is 732. The average Bonchev–Trinajstić information content (AvgIpc) is 2.68. The Morgan fingerprint density at radius 1 is 1.17 bits per heavy atom. The highest BCUT2D eigenvalue weighted by Crippen LogP contribution is 2.17. The Morgan fingerprint density at radius 3 is 2.50 bits per heavy atom. The van der Waals surface area contributed by atoms with E-state index in [-0.39, 0.29) is 42.5 Å². The molecular formula is C17H31ClN8O4. The number of guanidine groups is 1. The summed E-state index contributed by atoms with van der Waals surface area (Å²) in [6, 6.07) is -0.766. The number of ether oxygens (including phenoxy) is 2. The highest BCUT2D eigenvalue weighted by molar-refractivity contribution is 6.31. The highest BCUT2D eigenvalue weighted by atomic mass is 35.5. The summed E-state index contributed by atoms with van der Waals surface area (Å²) in [5, 5.41) is 2.24. The van der Waals surface area contributed by atoms with E-state index >= 15 is 0 Å². The van der Waals surface area contributed by atoms with Crippen LogP contribution < -0.4 is 28.3 Å². The summed E-state index contributed by atoms with van der Waals surface area (Å²) in [6.07, 6.45) is 3.39. The van der Waals surface area contributed by atoms with Crippen molar-refractivity contribution >= 4 is 41.1 Å². The molecule has 0 aliphatic rings. The molecule has 1 aromatic rings. The molecule has 0 aliphatic heterocycles. The van der Waals surface area contributed by atoms with Gasteiger partial charge in [-0.2, -0.15) is 0 Å². The maximum absolute atomic E-state index is 12.1. The van der Waals surface area contributed by atoms with Crippen molar-refractivity contribution in [3.63, 3.8) is 0 Å². The van der Waals surface area contributed by atoms with E-state index in [1.165, 1.54) is 7.11 Å². The molecule has 170 valence electrons. The molecular weight excluding hydrogens is 416 g/mol. The fourth-order valence-electron chi connectivity index (χ4n) is 2.12. The number of nitrogens with two attached hydrogens (primary N) is 4. The van der Waals surface area contributed by atoms with Crippen LogP contribution >= 0.6 is 11.6 Å². The first-order valence-electron chi connectivity index (χ1n) is 8.87. The van der Waals surface area contributed by atoms with Gasteiger partial charge in [0.1, 0.15) is 6.04 Å². The smallest absolute Gasteiger partial charge is 0.325 e. The van der Waals surface area contributed by atoms with Crippen molar-refractivity contribution in [2.45, 2.75) is 39.2 Å². The van der Waals surface area contributed by atoms with E-state index in [4.69, 9.17) is 39.3 Å². The van der Waals surface area contributed by atoms with Gasteiger partial charge in [0.15, 0.2) is 28.4 Å². The summed E-state index contributed by atoms with van der Waals surface area (Å²) in [6.45, 7) is 1.06. The van der Waals surface area contributed by atoms with Gasteiger partial charge in [-0.1, -0.05) is 31.9 Å². The molecule has 9 N–H and O–H groups in total. The topological polar surface area (TPSA) is 207 Å². The van der Waals surface area contributed by atoms with Crippen molar-refractivity contribution in [2.75, 3.05) is 38.3 Å². The number of carbonyl (C=O) groups excluding carboxylic acids is 2. The third-order valence-corrected chi connectivity index (χ3v) is 3.92. The Hall–Kier alpha value is -2.70. The molecule has 1 atom stereocenters. The van der Waals surface area contributed by atoms with E-state index in [1.54, 1.807) is 0 Å². The van der Waals surface area contributed by atoms with Gasteiger partial charge < -0.3 is 32.4 Å². The normalized spacial score (nSPS) is 12.0. The van der Waals surface area contributed by atoms with Crippen molar-refractivity contribution < 1.29 is 19.1 Å². The number of carbonyl (C=O) groups is 2. The second kappa shape index (κ2) is 14.3. The van der Waals surface area contributed by atoms with Crippen LogP contribution in [-0.2, 0) is 14.3 Å². The van der Waals surface area contributed by atoms with Crippen molar-refractivity contribution in [1.29, 1.82) is 0 Å². The van der Waals surface area contributed by atoms with Crippen LogP contribution in [0.3, 0.4) is 0 Å². The number of nitrogens with zero attached hydrogens (tertiary/aromatic N) is 3. The van der Waals surface area contributed by atoms with Gasteiger partial charge in [0.25, 0.3) is 5.91 Å². The summed E-state index contributed by atoms with van der Waals surface area (Å²) in [5.41, 5.74) is 22.1. The minimum Gasteiger partial charge on any atom is -0.468 e. The maximum Gasteiger partial charge on any atom is 0.325 e. The lowest BCUT2D eigenvalue weighted by molar-refractivity contribution is -0.143. The number of unbranched alkanes of at least 4 members (excludes halogenated alkanes) is 3. The SMILES string of the molecule is C.COC(=O)[C@@H](N)COCCCCCCN=C(N)NC(=O)c1nc(Cl)c(N)nc1N. The first-order chi connectivity index (χ1) is 13.8. The van der Waals surface area contributed by atoms with Gasteiger partial charge in [0.2, 0.25) is 0 Å². The van der Waals surface area contributed by atoms with Crippen LogP contribution in [0.4, 0.5) is 11.6 Å². The lowest BCUT2D eigenvalue weighted by Crippen LogP contribution is -2.38. The summed E-state index contributed by atoms with van der Waals surface area (Å²) in [5.74, 6) is -1.47. The molecule has 0 aromatic carbocycles. The van der Waals surface area contributed by atoms with Crippen LogP contribution in [-0.4, -0.2) is 60.7 Å². The molecule has 0 saturated heterocycles. The standard InChI is InChI=1S/C16H27ClN8O4.CH4/c1-28-15(27)9(18)8-29-7-5-3-2-4-6-22-16(21)25-14(26)10-12(19)24-13(20)11(17)23-10;/h9H,2-8,18H2,1H3,(H4,19,20,24)(H3,21,22,25,26);1H4/t9-;/m0./s1. The first kappa shape index (κ1) is 27.3. The number of amides is 1. The van der Waals surface area contributed by atoms with Crippen LogP contribution in [0.25, 0.3) is 0 Å². The van der Waals surface area contributed by atoms with E-state index < -0.39 is 17.9 Å². The molecule has 1 aromatic heterocycles. The number of aromatic nitrogens is 2. The van der Waals surface area contributed by atoms with Crippen molar-refractivity contribution in [1.82, 2.24) is 15.3 Å². The molecule has 12 nitrogen and oxygen atoms in total. The van der Waals surface area contributed by atoms with Crippen LogP contribution in [0.1, 0.15) is 43.6 Å². The van der Waals surface area contributed by atoms with Gasteiger partial charge in [-0.15, -0.1) is 0 Å². The van der Waals surface area contributed by atoms with Gasteiger partial charge in [-0.25, -0.2) is 9.97 Å². The number of anilines is 2. The average molecular weight is 447 g/mol. The molecule has 0 saturated carbocycles. The molecule has 0 spiro atoms. The quantitative estimate of drug-likeness (QED) is 0.133. The number of rotatable bonds is 11. The number of hydrogen-bond acceptors (Lipinski definition) is 10. The largest absolute Gasteiger partial charge is 0.468 e. The van der Waals surface area contributed by atoms with Gasteiger partial charge in [-0.05, 0) is 12.8 Å². The first-order valence-corrected chi connectivity index (χ1v) is 9.25. The van der Waals surface area contributed by atoms with E-state index in [0.29, 0.717) is 13.2 Å². The van der Waals surface area contributed by atoms with Crippen molar-refractivity contribution in [3.05, 3.63) is 10.8 Å². The van der Waals surface area contributed by atoms with E-state index in [2.05, 4.69) is 25.0 Å². The summed E-state index contributed by atoms with van der Waals surface area (Å²) in [7, 11) is 1.28. The number of esters is 1. The molecule has 30 heavy (non-hydrogen) atoms. The molecule has 0 unspecified atom stereocenters. The number of aliphatic imine (C=N–C) groups is 1. The molecule has 0 radical (unpaired) electrons. The van der Waals surface area contributed by atoms with E-state index in [0.717, 1.165) is 25.7 Å². The number of nitrogens with one attached hydrogen (secondary N) is 1. The monoisotopic (exact) mass is 446 g/mol. The van der Waals surface area contributed by atoms with Crippen molar-refractivity contribution in [2.24, 2.45) is 16.5 Å². The maximum atomic E-state index is 12.1. The zero-order chi connectivity index (χ0) is 21.8. The fourth-order valence-corrected chi connectivity index (χ4v) is 2.25. The van der Waals surface area contributed by atoms with Crippen LogP contribution in [0.2, 0.25) is 5.15 Å². The molecule has 13 heteroatoms. The molecule has 0 fully saturated rings. The number of nitrogen functional groups attached to an aromatic ring is 2. The zero-order valence-electron chi connectivity index (χ0n) is 16.2. The third kappa shape index (κ3) is 9.67. The van der Waals surface area contributed by atoms with Crippen LogP contribution in [0.15, 0.2) is 4.99 Å². The number of methoxy groups -OCH3 is 1. The molecule has 0 bridgehead atoms. The Labute approximate surface area is 180 Å². The number of halogens is 1. The number of hydrogen-bond donors (Lipinski definition) is 5. The second-order valence-electron chi connectivity index (χ2n) is 5.97. The Balaban J connectivity index is 0.00000841. The zero-order valence-corrected chi connectivity index (χ0v) is 16.9. The second-order valence-corrected chi connectivity index (χ2v) is 6.33. The lowest BCUT2D eigenvalue weighted by Gasteiger charge is -2.09. The predicted octanol–water partition coefficient (Wildman–Crippen LogP) is 0.0523. The van der Waals surface area contributed by atoms with Crippen LogP contribution in [0, 0.1) is 0 Å². The van der Waals surface area contributed by atoms with Gasteiger partial charge in [0, 0.05) is 13.2 Å². The molecule has 1 amide bonds. The van der Waals surface area contributed by atoms with Gasteiger partial charge in [-0.3, -0.25) is 19.9 Å². The van der Waals surface area contributed by atoms with E-state index in [9.17, 15) is 9.59 Å². The van der Waals surface area contributed by atoms with Crippen molar-refractivity contribution in [3.8, 4) is 0 Å². The Morgan fingerprint density at radius 2 is 1.83 bits per heavy atom. The molecule has 0 aliphatic carbocycles. The van der Waals surface area contributed by atoms with E-state index in [1.807, 2.05) is 0 Å². The predicted molar refractivity (Wildman–Crippen MR) is 116 cm³/mol. The third-order valence-electron chi connectivity index (χ3n) is 3.64. The minimum atomic E-state index is -0.766. The van der Waals surface area contributed by atoms with Gasteiger partial charge in [0.05, 0.1) is 13.7 Å². The highest BCUT2D eigenvalue weighted by Gasteiger charge is 2.16. The Kier molecular flexibility index (Phi) is 13.0. The van der Waals surface area contributed by atoms with Crippen LogP contribution in [0.5, 0.6) is 0 Å². The van der Waals surface area contributed by atoms with Gasteiger partial charge >= 0.3 is 5.97 Å². The minimum absolute atomic E-state index is 0. The lowest BCUT2D eigenvalue weighted by atomic mass is 10.2. The molecule has 1 heterocycles. The molecule has 1 rings (SSSR count). The summed E-state index contributed by atoms with van der Waals surface area (Å²) < 4.78 is 9.82. The summed E-state index contributed by atoms with van der Waals surface area (Å²) >= 11 is 5.73. The summed E-state index contributed by atoms with van der Waals surface area (Å²) in [4.78, 5) is 34.7.